The number of halogens is 2. The molecule has 2 aromatic heterocycles. The SMILES string of the molecule is COC(=O)C(OC(=O)c1ccn2nccc2c1)c1ccc(Cl)cc1Cl. The first kappa shape index (κ1) is 17.3. The highest BCUT2D eigenvalue weighted by molar-refractivity contribution is 6.35. The van der Waals surface area contributed by atoms with Crippen molar-refractivity contribution in [1.82, 2.24) is 9.61 Å². The van der Waals surface area contributed by atoms with Crippen molar-refractivity contribution in [2.24, 2.45) is 0 Å². The van der Waals surface area contributed by atoms with Crippen LogP contribution in [0, 0.1) is 0 Å². The van der Waals surface area contributed by atoms with Crippen molar-refractivity contribution in [2.75, 3.05) is 7.11 Å². The van der Waals surface area contributed by atoms with Crippen LogP contribution in [0.5, 0.6) is 0 Å². The summed E-state index contributed by atoms with van der Waals surface area (Å²) < 4.78 is 11.7. The third kappa shape index (κ3) is 3.60. The molecule has 0 aliphatic rings. The number of rotatable bonds is 4. The summed E-state index contributed by atoms with van der Waals surface area (Å²) in [7, 11) is 1.20. The zero-order valence-corrected chi connectivity index (χ0v) is 14.5. The van der Waals surface area contributed by atoms with E-state index in [-0.39, 0.29) is 16.1 Å². The summed E-state index contributed by atoms with van der Waals surface area (Å²) in [4.78, 5) is 24.5. The second-order valence-corrected chi connectivity index (χ2v) is 5.93. The van der Waals surface area contributed by atoms with E-state index in [1.54, 1.807) is 41.2 Å². The minimum absolute atomic E-state index is 0.196. The van der Waals surface area contributed by atoms with E-state index in [0.29, 0.717) is 10.5 Å². The molecule has 25 heavy (non-hydrogen) atoms. The van der Waals surface area contributed by atoms with Gasteiger partial charge in [-0.1, -0.05) is 29.3 Å². The molecule has 0 saturated carbocycles. The first-order valence-electron chi connectivity index (χ1n) is 7.17. The fourth-order valence-electron chi connectivity index (χ4n) is 2.28. The molecule has 0 radical (unpaired) electrons. The number of carbonyl (C=O) groups is 2. The molecule has 2 heterocycles. The Morgan fingerprint density at radius 1 is 1.16 bits per heavy atom. The van der Waals surface area contributed by atoms with Crippen LogP contribution < -0.4 is 0 Å². The van der Waals surface area contributed by atoms with Crippen molar-refractivity contribution in [1.29, 1.82) is 0 Å². The molecule has 1 unspecified atom stereocenters. The second-order valence-electron chi connectivity index (χ2n) is 5.09. The van der Waals surface area contributed by atoms with Crippen LogP contribution in [0.3, 0.4) is 0 Å². The van der Waals surface area contributed by atoms with E-state index < -0.39 is 18.0 Å². The van der Waals surface area contributed by atoms with E-state index in [4.69, 9.17) is 32.7 Å². The second kappa shape index (κ2) is 7.13. The van der Waals surface area contributed by atoms with Gasteiger partial charge in [0.05, 0.1) is 18.2 Å². The molecule has 0 fully saturated rings. The fraction of sp³-hybridized carbons (Fsp3) is 0.118. The number of carbonyl (C=O) groups excluding carboxylic acids is 2. The molecule has 6 nitrogen and oxygen atoms in total. The Morgan fingerprint density at radius 2 is 1.96 bits per heavy atom. The van der Waals surface area contributed by atoms with Crippen LogP contribution in [0.1, 0.15) is 22.0 Å². The van der Waals surface area contributed by atoms with Gasteiger partial charge in [0.1, 0.15) is 0 Å². The molecule has 128 valence electrons. The molecule has 0 saturated heterocycles. The summed E-state index contributed by atoms with van der Waals surface area (Å²) in [6, 6.07) is 9.41. The van der Waals surface area contributed by atoms with Gasteiger partial charge in [0.2, 0.25) is 6.10 Å². The summed E-state index contributed by atoms with van der Waals surface area (Å²) in [5, 5.41) is 4.64. The molecule has 0 bridgehead atoms. The largest absolute Gasteiger partial charge is 0.466 e. The van der Waals surface area contributed by atoms with Gasteiger partial charge in [-0.25, -0.2) is 14.1 Å². The lowest BCUT2D eigenvalue weighted by Gasteiger charge is -2.17. The molecule has 8 heteroatoms. The lowest BCUT2D eigenvalue weighted by Crippen LogP contribution is -2.21. The van der Waals surface area contributed by atoms with Crippen molar-refractivity contribution in [3.63, 3.8) is 0 Å². The maximum absolute atomic E-state index is 12.5. The van der Waals surface area contributed by atoms with Gasteiger partial charge in [-0.15, -0.1) is 0 Å². The Labute approximate surface area is 152 Å². The third-order valence-electron chi connectivity index (χ3n) is 3.52. The zero-order chi connectivity index (χ0) is 18.0. The minimum atomic E-state index is -1.30. The molecule has 1 atom stereocenters. The van der Waals surface area contributed by atoms with E-state index in [2.05, 4.69) is 5.10 Å². The number of esters is 2. The van der Waals surface area contributed by atoms with Crippen molar-refractivity contribution < 1.29 is 19.1 Å². The van der Waals surface area contributed by atoms with Crippen molar-refractivity contribution in [3.05, 3.63) is 70.0 Å². The molecular weight excluding hydrogens is 367 g/mol. The standard InChI is InChI=1S/C17H12Cl2N2O4/c1-24-17(23)15(13-3-2-11(18)9-14(13)19)25-16(22)10-5-7-21-12(8-10)4-6-20-21/h2-9,15H,1H3. The zero-order valence-electron chi connectivity index (χ0n) is 13.0. The predicted octanol–water partition coefficient (Wildman–Crippen LogP) is 3.71. The number of nitrogens with zero attached hydrogens (tertiary/aromatic N) is 2. The summed E-state index contributed by atoms with van der Waals surface area (Å²) in [6.07, 6.45) is 1.92. The predicted molar refractivity (Wildman–Crippen MR) is 91.8 cm³/mol. The summed E-state index contributed by atoms with van der Waals surface area (Å²) in [5.41, 5.74) is 1.28. The van der Waals surface area contributed by atoms with Gasteiger partial charge < -0.3 is 9.47 Å². The van der Waals surface area contributed by atoms with E-state index >= 15 is 0 Å². The third-order valence-corrected chi connectivity index (χ3v) is 4.08. The average molecular weight is 379 g/mol. The maximum atomic E-state index is 12.5. The number of methoxy groups -OCH3 is 1. The van der Waals surface area contributed by atoms with Gasteiger partial charge in [-0.2, -0.15) is 5.10 Å². The Bertz CT molecular complexity index is 955. The van der Waals surface area contributed by atoms with E-state index in [9.17, 15) is 9.59 Å². The molecular formula is C17H12Cl2N2O4. The maximum Gasteiger partial charge on any atom is 0.352 e. The topological polar surface area (TPSA) is 69.9 Å². The van der Waals surface area contributed by atoms with Crippen molar-refractivity contribution in [3.8, 4) is 0 Å². The van der Waals surface area contributed by atoms with E-state index in [0.717, 1.165) is 0 Å². The number of benzene rings is 1. The van der Waals surface area contributed by atoms with E-state index in [1.807, 2.05) is 0 Å². The van der Waals surface area contributed by atoms with Gasteiger partial charge in [0.25, 0.3) is 0 Å². The summed E-state index contributed by atoms with van der Waals surface area (Å²) in [5.74, 6) is -1.44. The molecule has 1 aromatic carbocycles. The Kier molecular flexibility index (Phi) is 4.92. The first-order valence-corrected chi connectivity index (χ1v) is 7.92. The van der Waals surface area contributed by atoms with Gasteiger partial charge in [0, 0.05) is 28.0 Å². The number of aromatic nitrogens is 2. The van der Waals surface area contributed by atoms with Crippen molar-refractivity contribution >= 4 is 40.7 Å². The Hall–Kier alpha value is -2.57. The van der Waals surface area contributed by atoms with Gasteiger partial charge >= 0.3 is 11.9 Å². The fourth-order valence-corrected chi connectivity index (χ4v) is 2.79. The lowest BCUT2D eigenvalue weighted by atomic mass is 10.1. The average Bonchev–Trinajstić information content (AvgIpc) is 3.07. The van der Waals surface area contributed by atoms with Crippen LogP contribution in [-0.2, 0) is 14.3 Å². The molecule has 3 rings (SSSR count). The van der Waals surface area contributed by atoms with E-state index in [1.165, 1.54) is 19.2 Å². The van der Waals surface area contributed by atoms with Crippen LogP contribution in [-0.4, -0.2) is 28.7 Å². The highest BCUT2D eigenvalue weighted by Crippen LogP contribution is 2.30. The smallest absolute Gasteiger partial charge is 0.352 e. The van der Waals surface area contributed by atoms with Crippen LogP contribution >= 0.6 is 23.2 Å². The molecule has 0 amide bonds. The summed E-state index contributed by atoms with van der Waals surface area (Å²) >= 11 is 12.0. The summed E-state index contributed by atoms with van der Waals surface area (Å²) in [6.45, 7) is 0. The highest BCUT2D eigenvalue weighted by atomic mass is 35.5. The molecule has 0 aliphatic heterocycles. The number of hydrogen-bond donors (Lipinski definition) is 0. The van der Waals surface area contributed by atoms with Crippen LogP contribution in [0.4, 0.5) is 0 Å². The lowest BCUT2D eigenvalue weighted by molar-refractivity contribution is -0.151. The van der Waals surface area contributed by atoms with Crippen LogP contribution in [0.2, 0.25) is 10.0 Å². The Morgan fingerprint density at radius 3 is 2.68 bits per heavy atom. The Balaban J connectivity index is 1.91. The van der Waals surface area contributed by atoms with Gasteiger partial charge in [-0.3, -0.25) is 0 Å². The molecule has 0 N–H and O–H groups in total. The highest BCUT2D eigenvalue weighted by Gasteiger charge is 2.28. The minimum Gasteiger partial charge on any atom is -0.466 e. The monoisotopic (exact) mass is 378 g/mol. The van der Waals surface area contributed by atoms with Crippen LogP contribution in [0.15, 0.2) is 48.8 Å². The number of fused-ring (bicyclic) bond motifs is 1. The number of hydrogen-bond acceptors (Lipinski definition) is 5. The quantitative estimate of drug-likeness (QED) is 0.647. The molecule has 0 aliphatic carbocycles. The normalized spacial score (nSPS) is 12.0. The van der Waals surface area contributed by atoms with Crippen molar-refractivity contribution in [2.45, 2.75) is 6.10 Å². The van der Waals surface area contributed by atoms with Gasteiger partial charge in [0.15, 0.2) is 0 Å². The molecule has 0 spiro atoms. The number of pyridine rings is 1. The van der Waals surface area contributed by atoms with Gasteiger partial charge in [-0.05, 0) is 30.3 Å². The number of ether oxygens (including phenoxy) is 2. The van der Waals surface area contributed by atoms with Crippen LogP contribution in [0.25, 0.3) is 5.52 Å². The first-order chi connectivity index (χ1) is 12.0. The molecule has 3 aromatic rings.